The van der Waals surface area contributed by atoms with Crippen LogP contribution in [0.25, 0.3) is 0 Å². The fourth-order valence-electron chi connectivity index (χ4n) is 0.311. The lowest BCUT2D eigenvalue weighted by molar-refractivity contribution is 1.11. The van der Waals surface area contributed by atoms with E-state index in [4.69, 9.17) is 0 Å². The lowest BCUT2D eigenvalue weighted by atomic mass is 10.6. The molecular weight excluding hydrogens is 124 g/mol. The SMILES string of the molecule is CCCSCCS. The number of thioether (sulfide) groups is 1. The van der Waals surface area contributed by atoms with Crippen LogP contribution in [0, 0.1) is 0 Å². The van der Waals surface area contributed by atoms with Crippen LogP contribution in [0.2, 0.25) is 0 Å². The van der Waals surface area contributed by atoms with Crippen molar-refractivity contribution in [2.24, 2.45) is 0 Å². The molecule has 0 unspecified atom stereocenters. The summed E-state index contributed by atoms with van der Waals surface area (Å²) < 4.78 is 0. The Morgan fingerprint density at radius 3 is 2.57 bits per heavy atom. The first-order valence-corrected chi connectivity index (χ1v) is 4.39. The highest BCUT2D eigenvalue weighted by molar-refractivity contribution is 7.99. The van der Waals surface area contributed by atoms with Gasteiger partial charge >= 0.3 is 0 Å². The molecule has 0 saturated heterocycles. The van der Waals surface area contributed by atoms with Crippen molar-refractivity contribution in [1.82, 2.24) is 0 Å². The highest BCUT2D eigenvalue weighted by Crippen LogP contribution is 2.00. The standard InChI is InChI=1S/C5H12S2/c1-2-4-7-5-3-6/h6H,2-5H2,1H3. The van der Waals surface area contributed by atoms with E-state index < -0.39 is 0 Å². The van der Waals surface area contributed by atoms with Crippen molar-refractivity contribution in [3.8, 4) is 0 Å². The van der Waals surface area contributed by atoms with Crippen molar-refractivity contribution in [3.05, 3.63) is 0 Å². The second-order valence-corrected chi connectivity index (χ2v) is 3.01. The summed E-state index contributed by atoms with van der Waals surface area (Å²) in [6, 6.07) is 0. The van der Waals surface area contributed by atoms with Crippen LogP contribution in [0.4, 0.5) is 0 Å². The predicted molar refractivity (Wildman–Crippen MR) is 41.5 cm³/mol. The van der Waals surface area contributed by atoms with Gasteiger partial charge in [0, 0.05) is 5.75 Å². The van der Waals surface area contributed by atoms with E-state index in [0.717, 1.165) is 5.75 Å². The topological polar surface area (TPSA) is 0 Å². The molecule has 0 aromatic rings. The van der Waals surface area contributed by atoms with Crippen molar-refractivity contribution >= 4 is 24.4 Å². The molecule has 2 heteroatoms. The van der Waals surface area contributed by atoms with Crippen LogP contribution in [-0.4, -0.2) is 17.3 Å². The lowest BCUT2D eigenvalue weighted by Crippen LogP contribution is -1.80. The summed E-state index contributed by atoms with van der Waals surface area (Å²) in [5.74, 6) is 3.52. The Morgan fingerprint density at radius 2 is 2.14 bits per heavy atom. The maximum Gasteiger partial charge on any atom is 0.00210 e. The van der Waals surface area contributed by atoms with Crippen LogP contribution in [0.3, 0.4) is 0 Å². The zero-order chi connectivity index (χ0) is 5.54. The number of hydrogen-bond acceptors (Lipinski definition) is 2. The van der Waals surface area contributed by atoms with Gasteiger partial charge in [0.2, 0.25) is 0 Å². The first-order chi connectivity index (χ1) is 3.41. The molecule has 0 aliphatic carbocycles. The minimum absolute atomic E-state index is 1.02. The van der Waals surface area contributed by atoms with E-state index in [9.17, 15) is 0 Å². The molecule has 0 nitrogen and oxygen atoms in total. The highest BCUT2D eigenvalue weighted by Gasteiger charge is 1.80. The maximum absolute atomic E-state index is 4.07. The molecule has 7 heavy (non-hydrogen) atoms. The minimum Gasteiger partial charge on any atom is -0.179 e. The zero-order valence-electron chi connectivity index (χ0n) is 4.68. The van der Waals surface area contributed by atoms with Gasteiger partial charge in [0.15, 0.2) is 0 Å². The molecule has 0 aromatic heterocycles. The molecule has 0 aliphatic heterocycles. The molecule has 0 amide bonds. The number of hydrogen-bond donors (Lipinski definition) is 1. The van der Waals surface area contributed by atoms with E-state index in [-0.39, 0.29) is 0 Å². The monoisotopic (exact) mass is 136 g/mol. The Hall–Kier alpha value is 0.700. The lowest BCUT2D eigenvalue weighted by Gasteiger charge is -1.90. The Kier molecular flexibility index (Phi) is 7.37. The van der Waals surface area contributed by atoms with E-state index in [1.807, 2.05) is 11.8 Å². The Morgan fingerprint density at radius 1 is 1.43 bits per heavy atom. The van der Waals surface area contributed by atoms with E-state index in [0.29, 0.717) is 0 Å². The summed E-state index contributed by atoms with van der Waals surface area (Å²) in [4.78, 5) is 0. The summed E-state index contributed by atoms with van der Waals surface area (Å²) >= 11 is 6.05. The third-order valence-corrected chi connectivity index (χ3v) is 2.30. The zero-order valence-corrected chi connectivity index (χ0v) is 6.39. The quantitative estimate of drug-likeness (QED) is 0.456. The number of thiol groups is 1. The first kappa shape index (κ1) is 7.70. The fourth-order valence-corrected chi connectivity index (χ4v) is 1.32. The third-order valence-electron chi connectivity index (χ3n) is 0.584. The van der Waals surface area contributed by atoms with E-state index in [1.165, 1.54) is 17.9 Å². The molecule has 0 aliphatic rings. The molecule has 0 rings (SSSR count). The van der Waals surface area contributed by atoms with Gasteiger partial charge in [-0.05, 0) is 17.9 Å². The van der Waals surface area contributed by atoms with E-state index in [2.05, 4.69) is 19.6 Å². The van der Waals surface area contributed by atoms with Gasteiger partial charge in [-0.3, -0.25) is 0 Å². The van der Waals surface area contributed by atoms with Crippen molar-refractivity contribution in [1.29, 1.82) is 0 Å². The van der Waals surface area contributed by atoms with Crippen molar-refractivity contribution in [3.63, 3.8) is 0 Å². The smallest absolute Gasteiger partial charge is 0.00210 e. The van der Waals surface area contributed by atoms with Gasteiger partial charge in [0.05, 0.1) is 0 Å². The predicted octanol–water partition coefficient (Wildman–Crippen LogP) is 2.06. The van der Waals surface area contributed by atoms with Gasteiger partial charge in [-0.15, -0.1) is 0 Å². The van der Waals surface area contributed by atoms with Gasteiger partial charge < -0.3 is 0 Å². The van der Waals surface area contributed by atoms with Crippen LogP contribution in [0.15, 0.2) is 0 Å². The molecule has 0 saturated carbocycles. The van der Waals surface area contributed by atoms with Gasteiger partial charge in [-0.25, -0.2) is 0 Å². The average Bonchev–Trinajstić information content (AvgIpc) is 1.69. The number of rotatable bonds is 4. The molecule has 44 valence electrons. The van der Waals surface area contributed by atoms with Crippen LogP contribution in [0.1, 0.15) is 13.3 Å². The molecule has 0 bridgehead atoms. The van der Waals surface area contributed by atoms with Crippen molar-refractivity contribution in [2.45, 2.75) is 13.3 Å². The van der Waals surface area contributed by atoms with Crippen LogP contribution in [0.5, 0.6) is 0 Å². The highest BCUT2D eigenvalue weighted by atomic mass is 32.2. The molecule has 0 spiro atoms. The van der Waals surface area contributed by atoms with Crippen molar-refractivity contribution < 1.29 is 0 Å². The van der Waals surface area contributed by atoms with E-state index in [1.54, 1.807) is 0 Å². The van der Waals surface area contributed by atoms with Crippen LogP contribution >= 0.6 is 24.4 Å². The van der Waals surface area contributed by atoms with Gasteiger partial charge in [-0.2, -0.15) is 24.4 Å². The van der Waals surface area contributed by atoms with Crippen LogP contribution in [-0.2, 0) is 0 Å². The van der Waals surface area contributed by atoms with Crippen LogP contribution < -0.4 is 0 Å². The molecular formula is C5H12S2. The normalized spacial score (nSPS) is 9.43. The fraction of sp³-hybridized carbons (Fsp3) is 1.00. The molecule has 0 atom stereocenters. The summed E-state index contributed by atoms with van der Waals surface area (Å²) in [7, 11) is 0. The Labute approximate surface area is 55.5 Å². The molecule has 0 radical (unpaired) electrons. The van der Waals surface area contributed by atoms with E-state index >= 15 is 0 Å². The molecule has 0 fully saturated rings. The third kappa shape index (κ3) is 6.70. The van der Waals surface area contributed by atoms with Gasteiger partial charge in [0.1, 0.15) is 0 Å². The second kappa shape index (κ2) is 6.70. The first-order valence-electron chi connectivity index (χ1n) is 2.60. The largest absolute Gasteiger partial charge is 0.179 e. The molecule has 0 heterocycles. The van der Waals surface area contributed by atoms with Gasteiger partial charge in [-0.1, -0.05) is 6.92 Å². The average molecular weight is 136 g/mol. The Bertz CT molecular complexity index is 25.3. The summed E-state index contributed by atoms with van der Waals surface area (Å²) in [6.07, 6.45) is 1.29. The summed E-state index contributed by atoms with van der Waals surface area (Å²) in [5.41, 5.74) is 0. The summed E-state index contributed by atoms with van der Waals surface area (Å²) in [5, 5.41) is 0. The van der Waals surface area contributed by atoms with Crippen molar-refractivity contribution in [2.75, 3.05) is 17.3 Å². The molecule has 0 aromatic carbocycles. The molecule has 0 N–H and O–H groups in total. The van der Waals surface area contributed by atoms with Gasteiger partial charge in [0.25, 0.3) is 0 Å². The second-order valence-electron chi connectivity index (χ2n) is 1.34. The summed E-state index contributed by atoms with van der Waals surface area (Å²) in [6.45, 7) is 2.20. The maximum atomic E-state index is 4.07. The minimum atomic E-state index is 1.02. The Balaban J connectivity index is 2.45.